The Bertz CT molecular complexity index is 657. The summed E-state index contributed by atoms with van der Waals surface area (Å²) in [5.41, 5.74) is 0.493. The van der Waals surface area contributed by atoms with E-state index in [1.165, 1.54) is 0 Å². The highest BCUT2D eigenvalue weighted by Crippen LogP contribution is 2.16. The second-order valence-corrected chi connectivity index (χ2v) is 7.47. The van der Waals surface area contributed by atoms with Crippen molar-refractivity contribution in [1.29, 1.82) is 0 Å². The number of guanidine groups is 1. The van der Waals surface area contributed by atoms with Crippen molar-refractivity contribution in [2.75, 3.05) is 26.7 Å². The summed E-state index contributed by atoms with van der Waals surface area (Å²) < 4.78 is 11.0. The maximum absolute atomic E-state index is 12.0. The normalized spacial score (nSPS) is 14.6. The first kappa shape index (κ1) is 24.3. The molecule has 0 aromatic carbocycles. The van der Waals surface area contributed by atoms with E-state index in [0.717, 1.165) is 12.0 Å². The van der Waals surface area contributed by atoms with Gasteiger partial charge in [0.15, 0.2) is 5.96 Å². The zero-order chi connectivity index (χ0) is 19.9. The van der Waals surface area contributed by atoms with Gasteiger partial charge in [-0.3, -0.25) is 4.99 Å². The summed E-state index contributed by atoms with van der Waals surface area (Å²) in [4.78, 5) is 22.2. The molecule has 28 heavy (non-hydrogen) atoms. The lowest BCUT2D eigenvalue weighted by molar-refractivity contribution is 0.00701. The molecule has 2 heterocycles. The minimum Gasteiger partial charge on any atom is -0.477 e. The summed E-state index contributed by atoms with van der Waals surface area (Å²) in [7, 11) is 1.72. The van der Waals surface area contributed by atoms with Crippen molar-refractivity contribution < 1.29 is 14.3 Å². The lowest BCUT2D eigenvalue weighted by Gasteiger charge is -2.40. The number of carbonyl (C=O) groups is 1. The molecular weight excluding hydrogens is 473 g/mol. The lowest BCUT2D eigenvalue weighted by atomic mass is 10.1. The second-order valence-electron chi connectivity index (χ2n) is 7.47. The number of hydrogen-bond donors (Lipinski definition) is 2. The summed E-state index contributed by atoms with van der Waals surface area (Å²) in [5, 5.41) is 6.58. The summed E-state index contributed by atoms with van der Waals surface area (Å²) >= 11 is 0. The highest BCUT2D eigenvalue weighted by molar-refractivity contribution is 14.0. The molecule has 9 heteroatoms. The standard InChI is InChI=1S/C19H31N5O3.HI/c1-6-10-26-16-14(8-7-9-21-16)11-22-17(20-5)23-15-12-24(13-15)18(25)27-19(2,3)4;/h7-9,15H,6,10-13H2,1-5H3,(H2,20,22,23);1H. The van der Waals surface area contributed by atoms with Gasteiger partial charge < -0.3 is 25.0 Å². The van der Waals surface area contributed by atoms with Crippen LogP contribution in [0.3, 0.4) is 0 Å². The summed E-state index contributed by atoms with van der Waals surface area (Å²) in [6.45, 7) is 10.0. The summed E-state index contributed by atoms with van der Waals surface area (Å²) in [6.07, 6.45) is 2.38. The zero-order valence-electron chi connectivity index (χ0n) is 17.3. The fourth-order valence-corrected chi connectivity index (χ4v) is 2.50. The number of carbonyl (C=O) groups excluding carboxylic acids is 1. The van der Waals surface area contributed by atoms with E-state index in [0.29, 0.717) is 38.1 Å². The molecule has 1 aromatic heterocycles. The van der Waals surface area contributed by atoms with Crippen molar-refractivity contribution in [2.24, 2.45) is 4.99 Å². The van der Waals surface area contributed by atoms with Crippen molar-refractivity contribution in [3.8, 4) is 5.88 Å². The van der Waals surface area contributed by atoms with Gasteiger partial charge in [-0.05, 0) is 33.3 Å². The molecule has 0 radical (unpaired) electrons. The van der Waals surface area contributed by atoms with Crippen molar-refractivity contribution in [3.63, 3.8) is 0 Å². The quantitative estimate of drug-likeness (QED) is 0.351. The van der Waals surface area contributed by atoms with E-state index in [9.17, 15) is 4.79 Å². The molecule has 158 valence electrons. The Labute approximate surface area is 184 Å². The van der Waals surface area contributed by atoms with Crippen LogP contribution in [0.2, 0.25) is 0 Å². The fourth-order valence-electron chi connectivity index (χ4n) is 2.50. The van der Waals surface area contributed by atoms with Gasteiger partial charge in [-0.15, -0.1) is 24.0 Å². The Morgan fingerprint density at radius 2 is 2.11 bits per heavy atom. The van der Waals surface area contributed by atoms with Crippen LogP contribution < -0.4 is 15.4 Å². The molecule has 0 unspecified atom stereocenters. The number of aromatic nitrogens is 1. The number of rotatable bonds is 6. The first-order valence-corrected chi connectivity index (χ1v) is 9.34. The smallest absolute Gasteiger partial charge is 0.410 e. The number of ether oxygens (including phenoxy) is 2. The first-order chi connectivity index (χ1) is 12.8. The Morgan fingerprint density at radius 3 is 2.71 bits per heavy atom. The number of nitrogens with zero attached hydrogens (tertiary/aromatic N) is 3. The molecule has 1 aromatic rings. The van der Waals surface area contributed by atoms with Crippen molar-refractivity contribution in [3.05, 3.63) is 23.9 Å². The van der Waals surface area contributed by atoms with Gasteiger partial charge in [-0.2, -0.15) is 0 Å². The maximum atomic E-state index is 12.0. The molecule has 1 fully saturated rings. The van der Waals surface area contributed by atoms with Gasteiger partial charge in [0.2, 0.25) is 5.88 Å². The van der Waals surface area contributed by atoms with Crippen LogP contribution in [0.5, 0.6) is 5.88 Å². The van der Waals surface area contributed by atoms with Crippen LogP contribution in [0.25, 0.3) is 0 Å². The Kier molecular flexibility index (Phi) is 9.77. The zero-order valence-corrected chi connectivity index (χ0v) is 19.6. The summed E-state index contributed by atoms with van der Waals surface area (Å²) in [6, 6.07) is 4.01. The van der Waals surface area contributed by atoms with Gasteiger partial charge in [-0.25, -0.2) is 9.78 Å². The van der Waals surface area contributed by atoms with Crippen molar-refractivity contribution >= 4 is 36.0 Å². The highest BCUT2D eigenvalue weighted by atomic mass is 127. The van der Waals surface area contributed by atoms with Gasteiger partial charge in [0, 0.05) is 38.4 Å². The van der Waals surface area contributed by atoms with E-state index in [-0.39, 0.29) is 36.1 Å². The molecule has 0 aliphatic carbocycles. The molecule has 1 aliphatic rings. The Morgan fingerprint density at radius 1 is 1.39 bits per heavy atom. The van der Waals surface area contributed by atoms with Crippen molar-refractivity contribution in [1.82, 2.24) is 20.5 Å². The van der Waals surface area contributed by atoms with Gasteiger partial charge in [0.25, 0.3) is 0 Å². The Hall–Kier alpha value is -1.78. The molecule has 2 rings (SSSR count). The van der Waals surface area contributed by atoms with Gasteiger partial charge >= 0.3 is 6.09 Å². The average Bonchev–Trinajstić information content (AvgIpc) is 2.57. The van der Waals surface area contributed by atoms with E-state index >= 15 is 0 Å². The number of halogens is 1. The number of amides is 1. The molecule has 0 saturated carbocycles. The highest BCUT2D eigenvalue weighted by Gasteiger charge is 2.34. The van der Waals surface area contributed by atoms with Crippen LogP contribution in [0.15, 0.2) is 23.3 Å². The third kappa shape index (κ3) is 7.69. The van der Waals surface area contributed by atoms with E-state index in [4.69, 9.17) is 9.47 Å². The van der Waals surface area contributed by atoms with Gasteiger partial charge in [0.1, 0.15) is 5.60 Å². The second kappa shape index (κ2) is 11.3. The average molecular weight is 505 g/mol. The third-order valence-electron chi connectivity index (χ3n) is 3.84. The van der Waals surface area contributed by atoms with Crippen LogP contribution in [0, 0.1) is 0 Å². The monoisotopic (exact) mass is 505 g/mol. The molecule has 1 amide bonds. The van der Waals surface area contributed by atoms with E-state index in [1.807, 2.05) is 32.9 Å². The van der Waals surface area contributed by atoms with E-state index < -0.39 is 5.60 Å². The molecule has 2 N–H and O–H groups in total. The van der Waals surface area contributed by atoms with Crippen LogP contribution in [-0.4, -0.2) is 60.3 Å². The number of pyridine rings is 1. The van der Waals surface area contributed by atoms with Crippen molar-refractivity contribution in [2.45, 2.75) is 52.3 Å². The molecule has 0 spiro atoms. The minimum absolute atomic E-state index is 0. The fraction of sp³-hybridized carbons (Fsp3) is 0.632. The largest absolute Gasteiger partial charge is 0.477 e. The van der Waals surface area contributed by atoms with Crippen LogP contribution in [0.4, 0.5) is 4.79 Å². The van der Waals surface area contributed by atoms with Gasteiger partial charge in [-0.1, -0.05) is 13.0 Å². The van der Waals surface area contributed by atoms with Crippen LogP contribution in [0.1, 0.15) is 39.7 Å². The van der Waals surface area contributed by atoms with Gasteiger partial charge in [0.05, 0.1) is 12.6 Å². The Balaban J connectivity index is 0.00000392. The summed E-state index contributed by atoms with van der Waals surface area (Å²) in [5.74, 6) is 1.32. The first-order valence-electron chi connectivity index (χ1n) is 9.34. The van der Waals surface area contributed by atoms with Crippen LogP contribution in [-0.2, 0) is 11.3 Å². The molecule has 8 nitrogen and oxygen atoms in total. The third-order valence-corrected chi connectivity index (χ3v) is 3.84. The number of aliphatic imine (C=N–C) groups is 1. The number of nitrogens with one attached hydrogen (secondary N) is 2. The maximum Gasteiger partial charge on any atom is 0.410 e. The van der Waals surface area contributed by atoms with E-state index in [2.05, 4.69) is 27.5 Å². The van der Waals surface area contributed by atoms with Crippen LogP contribution >= 0.6 is 24.0 Å². The van der Waals surface area contributed by atoms with E-state index in [1.54, 1.807) is 18.1 Å². The predicted molar refractivity (Wildman–Crippen MR) is 120 cm³/mol. The SMILES string of the molecule is CCCOc1ncccc1CNC(=NC)NC1CN(C(=O)OC(C)(C)C)C1.I. The topological polar surface area (TPSA) is 88.1 Å². The molecule has 0 bridgehead atoms. The number of hydrogen-bond acceptors (Lipinski definition) is 5. The molecular formula is C19H32IN5O3. The minimum atomic E-state index is -0.478. The number of likely N-dealkylation sites (tertiary alicyclic amines) is 1. The molecule has 0 atom stereocenters. The predicted octanol–water partition coefficient (Wildman–Crippen LogP) is 2.77. The molecule has 1 saturated heterocycles. The lowest BCUT2D eigenvalue weighted by Crippen LogP contribution is -2.63. The molecule has 1 aliphatic heterocycles.